The van der Waals surface area contributed by atoms with Crippen molar-refractivity contribution in [1.29, 1.82) is 0 Å². The first kappa shape index (κ1) is 18.4. The van der Waals surface area contributed by atoms with E-state index in [2.05, 4.69) is 0 Å². The van der Waals surface area contributed by atoms with Gasteiger partial charge in [0.1, 0.15) is 5.75 Å². The fourth-order valence-corrected chi connectivity index (χ4v) is 3.05. The first-order valence-electron chi connectivity index (χ1n) is 7.72. The van der Waals surface area contributed by atoms with Crippen LogP contribution in [0.4, 0.5) is 11.4 Å². The number of amides is 1. The molecule has 1 heterocycles. The van der Waals surface area contributed by atoms with Crippen LogP contribution in [0.15, 0.2) is 42.5 Å². The van der Waals surface area contributed by atoms with E-state index in [0.29, 0.717) is 23.8 Å². The van der Waals surface area contributed by atoms with E-state index in [-0.39, 0.29) is 18.3 Å². The number of halogens is 2. The molecule has 1 amide bonds. The number of carbonyl (C=O) groups is 1. The van der Waals surface area contributed by atoms with E-state index in [1.807, 2.05) is 35.2 Å². The van der Waals surface area contributed by atoms with Crippen LogP contribution in [-0.2, 0) is 11.2 Å². The number of benzene rings is 2. The smallest absolute Gasteiger partial charge is 0.230 e. The summed E-state index contributed by atoms with van der Waals surface area (Å²) in [4.78, 5) is 14.3. The summed E-state index contributed by atoms with van der Waals surface area (Å²) in [7, 11) is 0. The number of nitrogen functional groups attached to an aromatic ring is 1. The van der Waals surface area contributed by atoms with E-state index >= 15 is 0 Å². The van der Waals surface area contributed by atoms with Crippen molar-refractivity contribution >= 4 is 41.3 Å². The number of nitrogens with two attached hydrogens (primary N) is 1. The van der Waals surface area contributed by atoms with Gasteiger partial charge in [-0.3, -0.25) is 4.79 Å². The standard InChI is InChI=1S/C18H19ClN2O2.ClH/c19-14-6-1-2-9-17(14)23-12-10-18(22)21-11-4-5-13-15(20)7-3-8-16(13)21;/h1-3,6-9H,4-5,10-12,20H2;1H. The third-order valence-corrected chi connectivity index (χ3v) is 4.31. The molecule has 0 aromatic heterocycles. The minimum atomic E-state index is 0. The Hall–Kier alpha value is -1.91. The van der Waals surface area contributed by atoms with Gasteiger partial charge in [0.15, 0.2) is 0 Å². The van der Waals surface area contributed by atoms with Crippen molar-refractivity contribution in [2.75, 3.05) is 23.8 Å². The summed E-state index contributed by atoms with van der Waals surface area (Å²) in [5, 5.41) is 0.552. The Morgan fingerprint density at radius 1 is 1.21 bits per heavy atom. The van der Waals surface area contributed by atoms with Crippen LogP contribution in [0.5, 0.6) is 5.75 Å². The lowest BCUT2D eigenvalue weighted by molar-refractivity contribution is -0.119. The molecule has 0 fully saturated rings. The van der Waals surface area contributed by atoms with Gasteiger partial charge in [0.05, 0.1) is 18.1 Å². The average Bonchev–Trinajstić information content (AvgIpc) is 2.56. The van der Waals surface area contributed by atoms with Gasteiger partial charge >= 0.3 is 0 Å². The zero-order valence-corrected chi connectivity index (χ0v) is 14.8. The van der Waals surface area contributed by atoms with Gasteiger partial charge in [0, 0.05) is 17.9 Å². The normalized spacial score (nSPS) is 13.0. The van der Waals surface area contributed by atoms with Crippen LogP contribution >= 0.6 is 24.0 Å². The number of para-hydroxylation sites is 1. The number of anilines is 2. The molecule has 0 unspecified atom stereocenters. The van der Waals surface area contributed by atoms with Gasteiger partial charge in [-0.15, -0.1) is 12.4 Å². The van der Waals surface area contributed by atoms with E-state index < -0.39 is 0 Å². The highest BCUT2D eigenvalue weighted by Crippen LogP contribution is 2.31. The molecule has 2 aromatic rings. The highest BCUT2D eigenvalue weighted by molar-refractivity contribution is 6.32. The van der Waals surface area contributed by atoms with Crippen LogP contribution in [0.3, 0.4) is 0 Å². The Bertz CT molecular complexity index is 722. The summed E-state index contributed by atoms with van der Waals surface area (Å²) in [5.41, 5.74) is 8.77. The number of hydrogen-bond acceptors (Lipinski definition) is 3. The third-order valence-electron chi connectivity index (χ3n) is 4.00. The fraction of sp³-hybridized carbons (Fsp3) is 0.278. The molecule has 3 rings (SSSR count). The maximum atomic E-state index is 12.5. The molecule has 1 aliphatic rings. The molecule has 2 N–H and O–H groups in total. The Morgan fingerprint density at radius 2 is 2.00 bits per heavy atom. The van der Waals surface area contributed by atoms with Crippen LogP contribution in [-0.4, -0.2) is 19.1 Å². The van der Waals surface area contributed by atoms with Crippen LogP contribution in [0.2, 0.25) is 5.02 Å². The molecule has 128 valence electrons. The Balaban J connectivity index is 0.00000208. The van der Waals surface area contributed by atoms with Crippen LogP contribution < -0.4 is 15.4 Å². The van der Waals surface area contributed by atoms with Crippen LogP contribution in [0, 0.1) is 0 Å². The summed E-state index contributed by atoms with van der Waals surface area (Å²) in [6.45, 7) is 1.03. The predicted molar refractivity (Wildman–Crippen MR) is 100 cm³/mol. The zero-order chi connectivity index (χ0) is 16.2. The maximum Gasteiger partial charge on any atom is 0.230 e. The third kappa shape index (κ3) is 3.94. The molecule has 0 atom stereocenters. The van der Waals surface area contributed by atoms with Gasteiger partial charge in [-0.25, -0.2) is 0 Å². The highest BCUT2D eigenvalue weighted by Gasteiger charge is 2.23. The molecule has 0 saturated carbocycles. The van der Waals surface area contributed by atoms with E-state index in [1.165, 1.54) is 0 Å². The van der Waals surface area contributed by atoms with Crippen LogP contribution in [0.1, 0.15) is 18.4 Å². The molecule has 0 aliphatic carbocycles. The lowest BCUT2D eigenvalue weighted by Gasteiger charge is -2.30. The first-order chi connectivity index (χ1) is 11.2. The lowest BCUT2D eigenvalue weighted by Crippen LogP contribution is -2.36. The van der Waals surface area contributed by atoms with Gasteiger partial charge in [-0.2, -0.15) is 0 Å². The Labute approximate surface area is 153 Å². The number of carbonyl (C=O) groups excluding carboxylic acids is 1. The van der Waals surface area contributed by atoms with Crippen molar-refractivity contribution in [2.45, 2.75) is 19.3 Å². The van der Waals surface area contributed by atoms with Gasteiger partial charge in [-0.05, 0) is 42.7 Å². The van der Waals surface area contributed by atoms with E-state index in [4.69, 9.17) is 22.1 Å². The number of ether oxygens (including phenoxy) is 1. The minimum Gasteiger partial charge on any atom is -0.491 e. The molecule has 1 aliphatic heterocycles. The van der Waals surface area contributed by atoms with Crippen molar-refractivity contribution in [3.63, 3.8) is 0 Å². The maximum absolute atomic E-state index is 12.5. The van der Waals surface area contributed by atoms with Crippen molar-refractivity contribution in [3.05, 3.63) is 53.1 Å². The van der Waals surface area contributed by atoms with Crippen molar-refractivity contribution < 1.29 is 9.53 Å². The molecule has 24 heavy (non-hydrogen) atoms. The zero-order valence-electron chi connectivity index (χ0n) is 13.2. The number of fused-ring (bicyclic) bond motifs is 1. The quantitative estimate of drug-likeness (QED) is 0.828. The van der Waals surface area contributed by atoms with Gasteiger partial charge in [-0.1, -0.05) is 29.8 Å². The fourth-order valence-electron chi connectivity index (χ4n) is 2.86. The second kappa shape index (κ2) is 8.27. The summed E-state index contributed by atoms with van der Waals surface area (Å²) < 4.78 is 5.61. The Kier molecular flexibility index (Phi) is 6.35. The molecule has 6 heteroatoms. The minimum absolute atomic E-state index is 0. The van der Waals surface area contributed by atoms with E-state index in [9.17, 15) is 4.79 Å². The van der Waals surface area contributed by atoms with E-state index in [0.717, 1.165) is 36.3 Å². The summed E-state index contributed by atoms with van der Waals surface area (Å²) >= 11 is 6.04. The SMILES string of the molecule is Cl.Nc1cccc2c1CCCN2C(=O)CCOc1ccccc1Cl. The van der Waals surface area contributed by atoms with Crippen molar-refractivity contribution in [1.82, 2.24) is 0 Å². The molecule has 0 radical (unpaired) electrons. The monoisotopic (exact) mass is 366 g/mol. The highest BCUT2D eigenvalue weighted by atomic mass is 35.5. The largest absolute Gasteiger partial charge is 0.491 e. The predicted octanol–water partition coefficient (Wildman–Crippen LogP) is 4.09. The number of rotatable bonds is 4. The van der Waals surface area contributed by atoms with Gasteiger partial charge in [0.25, 0.3) is 0 Å². The molecular weight excluding hydrogens is 347 g/mol. The van der Waals surface area contributed by atoms with Crippen molar-refractivity contribution in [3.8, 4) is 5.75 Å². The average molecular weight is 367 g/mol. The van der Waals surface area contributed by atoms with Gasteiger partial charge < -0.3 is 15.4 Å². The molecule has 4 nitrogen and oxygen atoms in total. The van der Waals surface area contributed by atoms with Gasteiger partial charge in [0.2, 0.25) is 5.91 Å². The summed E-state index contributed by atoms with van der Waals surface area (Å²) in [5.74, 6) is 0.647. The topological polar surface area (TPSA) is 55.6 Å². The molecule has 0 bridgehead atoms. The number of hydrogen-bond donors (Lipinski definition) is 1. The lowest BCUT2D eigenvalue weighted by atomic mass is 9.99. The first-order valence-corrected chi connectivity index (χ1v) is 8.09. The van der Waals surface area contributed by atoms with Crippen LogP contribution in [0.25, 0.3) is 0 Å². The molecule has 2 aromatic carbocycles. The Morgan fingerprint density at radius 3 is 2.79 bits per heavy atom. The summed E-state index contributed by atoms with van der Waals surface area (Å²) in [6.07, 6.45) is 2.15. The second-order valence-electron chi connectivity index (χ2n) is 5.52. The summed E-state index contributed by atoms with van der Waals surface area (Å²) in [6, 6.07) is 13.0. The molecular formula is C18H20Cl2N2O2. The van der Waals surface area contributed by atoms with E-state index in [1.54, 1.807) is 12.1 Å². The molecule has 0 spiro atoms. The van der Waals surface area contributed by atoms with Crippen molar-refractivity contribution in [2.24, 2.45) is 0 Å². The molecule has 0 saturated heterocycles. The number of nitrogens with zero attached hydrogens (tertiary/aromatic N) is 1. The second-order valence-corrected chi connectivity index (χ2v) is 5.93.